The smallest absolute Gasteiger partial charge is 0.00990 e. The molecule has 0 fully saturated rings. The first-order valence-electron chi connectivity index (χ1n) is 8.23. The third kappa shape index (κ3) is 2.69. The molecule has 0 N–H and O–H groups in total. The second kappa shape index (κ2) is 7.61. The van der Waals surface area contributed by atoms with E-state index in [1.54, 1.807) is 0 Å². The van der Waals surface area contributed by atoms with Gasteiger partial charge in [0.15, 0.2) is 0 Å². The fourth-order valence-corrected chi connectivity index (χ4v) is 2.86. The third-order valence-corrected chi connectivity index (χ3v) is 3.65. The molecule has 0 spiro atoms. The van der Waals surface area contributed by atoms with Gasteiger partial charge in [-0.25, -0.2) is 0 Å². The van der Waals surface area contributed by atoms with Crippen molar-refractivity contribution in [3.8, 4) is 0 Å². The highest BCUT2D eigenvalue weighted by atomic mass is 14.1. The Hall–Kier alpha value is -2.34. The molecule has 4 rings (SSSR count). The van der Waals surface area contributed by atoms with Crippen LogP contribution in [0.1, 0.15) is 27.7 Å². The Morgan fingerprint density at radius 1 is 0.318 bits per heavy atom. The third-order valence-electron chi connectivity index (χ3n) is 3.65. The van der Waals surface area contributed by atoms with Crippen molar-refractivity contribution in [2.75, 3.05) is 0 Å². The minimum absolute atomic E-state index is 1.34. The summed E-state index contributed by atoms with van der Waals surface area (Å²) >= 11 is 0. The lowest BCUT2D eigenvalue weighted by Gasteiger charge is -2.09. The molecule has 0 heterocycles. The molecule has 0 aliphatic heterocycles. The Kier molecular flexibility index (Phi) is 5.55. The van der Waals surface area contributed by atoms with Gasteiger partial charge in [-0.2, -0.15) is 0 Å². The molecule has 0 radical (unpaired) electrons. The van der Waals surface area contributed by atoms with Crippen LogP contribution in [-0.4, -0.2) is 0 Å². The van der Waals surface area contributed by atoms with E-state index >= 15 is 0 Å². The highest BCUT2D eigenvalue weighted by molar-refractivity contribution is 6.25. The number of benzene rings is 4. The average molecular weight is 288 g/mol. The predicted molar refractivity (Wildman–Crippen MR) is 102 cm³/mol. The Labute approximate surface area is 133 Å². The quantitative estimate of drug-likeness (QED) is 0.300. The second-order valence-corrected chi connectivity index (χ2v) is 4.64. The Bertz CT molecular complexity index is 652. The first-order chi connectivity index (χ1) is 10.9. The molecule has 0 saturated carbocycles. The molecule has 0 nitrogen and oxygen atoms in total. The standard InChI is InChI=1S/C18H12.2C2H6/c1-2-8-14-13(7-1)15-9-3-4-11-17(15)18-12-6-5-10-16(14)18;2*1-2/h1-12H;2*1-2H3. The van der Waals surface area contributed by atoms with Crippen molar-refractivity contribution in [3.63, 3.8) is 0 Å². The topological polar surface area (TPSA) is 0 Å². The van der Waals surface area contributed by atoms with Crippen molar-refractivity contribution in [3.05, 3.63) is 72.8 Å². The Balaban J connectivity index is 0.000000410. The maximum Gasteiger partial charge on any atom is -0.00990 e. The van der Waals surface area contributed by atoms with Crippen LogP contribution in [0.5, 0.6) is 0 Å². The summed E-state index contributed by atoms with van der Waals surface area (Å²) in [7, 11) is 0. The van der Waals surface area contributed by atoms with E-state index in [2.05, 4.69) is 72.8 Å². The van der Waals surface area contributed by atoms with Crippen molar-refractivity contribution >= 4 is 32.3 Å². The van der Waals surface area contributed by atoms with Gasteiger partial charge in [0, 0.05) is 0 Å². The zero-order chi connectivity index (χ0) is 15.9. The van der Waals surface area contributed by atoms with Gasteiger partial charge in [-0.15, -0.1) is 0 Å². The summed E-state index contributed by atoms with van der Waals surface area (Å²) < 4.78 is 0. The van der Waals surface area contributed by atoms with E-state index in [-0.39, 0.29) is 0 Å². The van der Waals surface area contributed by atoms with Crippen molar-refractivity contribution < 1.29 is 0 Å². The summed E-state index contributed by atoms with van der Waals surface area (Å²) in [5, 5.41) is 8.04. The SMILES string of the molecule is CC.CC.c1ccc2c(c1)c1ccccc1c1ccccc21. The van der Waals surface area contributed by atoms with Gasteiger partial charge in [0.2, 0.25) is 0 Å². The first kappa shape index (κ1) is 16.0. The maximum absolute atomic E-state index is 2.21. The van der Waals surface area contributed by atoms with Crippen LogP contribution in [0.25, 0.3) is 32.3 Å². The average Bonchev–Trinajstić information content (AvgIpc) is 2.65. The fourth-order valence-electron chi connectivity index (χ4n) is 2.86. The van der Waals surface area contributed by atoms with Gasteiger partial charge in [0.05, 0.1) is 0 Å². The van der Waals surface area contributed by atoms with Crippen LogP contribution in [0.15, 0.2) is 72.8 Å². The van der Waals surface area contributed by atoms with E-state index in [0.29, 0.717) is 0 Å². The van der Waals surface area contributed by atoms with Gasteiger partial charge in [0.25, 0.3) is 0 Å². The maximum atomic E-state index is 2.21. The largest absolute Gasteiger partial charge is 0.0683 e. The molecule has 22 heavy (non-hydrogen) atoms. The molecular weight excluding hydrogens is 264 g/mol. The molecule has 0 atom stereocenters. The van der Waals surface area contributed by atoms with E-state index in [9.17, 15) is 0 Å². The second-order valence-electron chi connectivity index (χ2n) is 4.64. The van der Waals surface area contributed by atoms with E-state index in [1.807, 2.05) is 27.7 Å². The molecule has 0 aromatic heterocycles. The molecular formula is C22H24. The number of hydrogen-bond acceptors (Lipinski definition) is 0. The minimum Gasteiger partial charge on any atom is -0.0683 e. The lowest BCUT2D eigenvalue weighted by atomic mass is 9.95. The van der Waals surface area contributed by atoms with Gasteiger partial charge in [-0.05, 0) is 32.3 Å². The van der Waals surface area contributed by atoms with Gasteiger partial charge in [-0.1, -0.05) is 100 Å². The van der Waals surface area contributed by atoms with Crippen LogP contribution in [0.4, 0.5) is 0 Å². The van der Waals surface area contributed by atoms with E-state index in [1.165, 1.54) is 32.3 Å². The van der Waals surface area contributed by atoms with Crippen LogP contribution >= 0.6 is 0 Å². The molecule has 0 bridgehead atoms. The molecule has 112 valence electrons. The molecule has 0 saturated heterocycles. The van der Waals surface area contributed by atoms with E-state index in [4.69, 9.17) is 0 Å². The zero-order valence-electron chi connectivity index (χ0n) is 13.9. The van der Waals surface area contributed by atoms with E-state index < -0.39 is 0 Å². The summed E-state index contributed by atoms with van der Waals surface area (Å²) in [6, 6.07) is 26.0. The molecule has 0 heteroatoms. The van der Waals surface area contributed by atoms with Crippen LogP contribution in [0.3, 0.4) is 0 Å². The van der Waals surface area contributed by atoms with Crippen molar-refractivity contribution in [2.45, 2.75) is 27.7 Å². The van der Waals surface area contributed by atoms with Crippen LogP contribution in [0, 0.1) is 0 Å². The van der Waals surface area contributed by atoms with Gasteiger partial charge in [0.1, 0.15) is 0 Å². The van der Waals surface area contributed by atoms with Crippen LogP contribution < -0.4 is 0 Å². The Morgan fingerprint density at radius 3 is 0.591 bits per heavy atom. The molecule has 0 aliphatic carbocycles. The lowest BCUT2D eigenvalue weighted by Crippen LogP contribution is -1.81. The van der Waals surface area contributed by atoms with Crippen molar-refractivity contribution in [1.82, 2.24) is 0 Å². The summed E-state index contributed by atoms with van der Waals surface area (Å²) in [6.07, 6.45) is 0. The molecule has 0 unspecified atom stereocenters. The Morgan fingerprint density at radius 2 is 0.455 bits per heavy atom. The zero-order valence-corrected chi connectivity index (χ0v) is 13.9. The normalized spacial score (nSPS) is 9.82. The molecule has 0 aliphatic rings. The van der Waals surface area contributed by atoms with Gasteiger partial charge in [-0.3, -0.25) is 0 Å². The number of hydrogen-bond donors (Lipinski definition) is 0. The lowest BCUT2D eigenvalue weighted by molar-refractivity contribution is 1.50. The summed E-state index contributed by atoms with van der Waals surface area (Å²) in [5.41, 5.74) is 0. The summed E-state index contributed by atoms with van der Waals surface area (Å²) in [5.74, 6) is 0. The highest BCUT2D eigenvalue weighted by Crippen LogP contribution is 2.34. The molecule has 0 amide bonds. The predicted octanol–water partition coefficient (Wildman–Crippen LogP) is 7.20. The fraction of sp³-hybridized carbons (Fsp3) is 0.182. The van der Waals surface area contributed by atoms with Crippen LogP contribution in [0.2, 0.25) is 0 Å². The van der Waals surface area contributed by atoms with Crippen LogP contribution in [-0.2, 0) is 0 Å². The minimum atomic E-state index is 1.34. The monoisotopic (exact) mass is 288 g/mol. The van der Waals surface area contributed by atoms with Crippen molar-refractivity contribution in [1.29, 1.82) is 0 Å². The van der Waals surface area contributed by atoms with Gasteiger partial charge >= 0.3 is 0 Å². The van der Waals surface area contributed by atoms with Gasteiger partial charge < -0.3 is 0 Å². The summed E-state index contributed by atoms with van der Waals surface area (Å²) in [4.78, 5) is 0. The molecule has 4 aromatic rings. The van der Waals surface area contributed by atoms with E-state index in [0.717, 1.165) is 0 Å². The number of fused-ring (bicyclic) bond motifs is 6. The molecule has 4 aromatic carbocycles. The number of rotatable bonds is 0. The first-order valence-corrected chi connectivity index (χ1v) is 8.23. The summed E-state index contributed by atoms with van der Waals surface area (Å²) in [6.45, 7) is 8.00. The van der Waals surface area contributed by atoms with Crippen molar-refractivity contribution in [2.24, 2.45) is 0 Å². The highest BCUT2D eigenvalue weighted by Gasteiger charge is 2.06.